The molecule has 3 heterocycles. The van der Waals surface area contributed by atoms with Crippen LogP contribution in [0.15, 0.2) is 195 Å². The van der Waals surface area contributed by atoms with E-state index in [2.05, 4.69) is 178 Å². The molecule has 0 radical (unpaired) electrons. The van der Waals surface area contributed by atoms with E-state index < -0.39 is 0 Å². The lowest BCUT2D eigenvalue weighted by molar-refractivity contribution is 0.560. The van der Waals surface area contributed by atoms with Gasteiger partial charge in [-0.25, -0.2) is 9.97 Å². The summed E-state index contributed by atoms with van der Waals surface area (Å²) in [7, 11) is 0. The van der Waals surface area contributed by atoms with Crippen molar-refractivity contribution in [3.8, 4) is 61.5 Å². The molecule has 12 rings (SSSR count). The summed E-state index contributed by atoms with van der Waals surface area (Å²) < 4.78 is 2.38. The smallest absolute Gasteiger partial charge is 0.115 e. The second-order valence-corrected chi connectivity index (χ2v) is 15.7. The fraction of sp³-hybridized carbons (Fsp3) is 0.0556. The first-order valence-corrected chi connectivity index (χ1v) is 20.0. The zero-order valence-corrected chi connectivity index (χ0v) is 31.7. The number of aromatic nitrogens is 4. The predicted octanol–water partition coefficient (Wildman–Crippen LogP) is 12.7. The molecule has 2 aliphatic rings. The van der Waals surface area contributed by atoms with Crippen molar-refractivity contribution in [2.45, 2.75) is 18.3 Å². The Morgan fingerprint density at radius 2 is 1.02 bits per heavy atom. The standard InChI is InChI=1S/C54H36N4/c1-3-16-52-46(13-1)47-14-2-4-17-53(47)58(52)43-22-18-35(19-23-43)39-20-24-44-45-25-21-40(30-49(45)54(48(44)29-39)31-42-33-55-34-57-51(42)32-54)37-10-7-9-36(27-37)38-11-8-12-41(28-38)50-15-5-6-26-56-50/h1-30,33-34H,31-32H2. The number of pyridine rings is 1. The summed E-state index contributed by atoms with van der Waals surface area (Å²) in [5.41, 5.74) is 20.4. The Bertz CT molecular complexity index is 3150. The third kappa shape index (κ3) is 5.05. The second-order valence-electron chi connectivity index (χ2n) is 15.7. The highest BCUT2D eigenvalue weighted by Crippen LogP contribution is 2.56. The lowest BCUT2D eigenvalue weighted by atomic mass is 9.75. The molecule has 0 bridgehead atoms. The van der Waals surface area contributed by atoms with E-state index in [9.17, 15) is 0 Å². The molecule has 58 heavy (non-hydrogen) atoms. The van der Waals surface area contributed by atoms with Crippen LogP contribution in [0, 0.1) is 0 Å². The normalized spacial score (nSPS) is 15.2. The Morgan fingerprint density at radius 1 is 0.448 bits per heavy atom. The van der Waals surface area contributed by atoms with Gasteiger partial charge >= 0.3 is 0 Å². The number of fused-ring (bicyclic) bond motifs is 9. The van der Waals surface area contributed by atoms with Crippen LogP contribution in [-0.2, 0) is 18.3 Å². The third-order valence-electron chi connectivity index (χ3n) is 12.6. The van der Waals surface area contributed by atoms with Crippen LogP contribution in [0.5, 0.6) is 0 Å². The number of para-hydroxylation sites is 2. The molecule has 0 aliphatic heterocycles. The molecule has 10 aromatic rings. The Hall–Kier alpha value is -7.43. The van der Waals surface area contributed by atoms with Crippen LogP contribution in [0.1, 0.15) is 22.4 Å². The molecule has 0 saturated carbocycles. The Kier molecular flexibility index (Phi) is 7.24. The summed E-state index contributed by atoms with van der Waals surface area (Å²) in [6, 6.07) is 64.4. The molecule has 272 valence electrons. The molecule has 0 amide bonds. The van der Waals surface area contributed by atoms with Gasteiger partial charge in [0.1, 0.15) is 6.33 Å². The first-order valence-electron chi connectivity index (χ1n) is 20.0. The molecule has 4 heteroatoms. The average molecular weight is 741 g/mol. The van der Waals surface area contributed by atoms with Crippen LogP contribution in [0.4, 0.5) is 0 Å². The van der Waals surface area contributed by atoms with Crippen molar-refractivity contribution in [1.29, 1.82) is 0 Å². The molecule has 1 atom stereocenters. The number of benzene rings is 7. The van der Waals surface area contributed by atoms with Crippen molar-refractivity contribution in [3.63, 3.8) is 0 Å². The van der Waals surface area contributed by atoms with Crippen molar-refractivity contribution in [2.75, 3.05) is 0 Å². The molecule has 7 aromatic carbocycles. The highest BCUT2D eigenvalue weighted by molar-refractivity contribution is 6.09. The molecular formula is C54H36N4. The SMILES string of the molecule is c1ccc(-c2cccc(-c3cccc(-c4ccc5c(c4)C4(Cc6cncnc6C4)c4cc(-c6ccc(-n7c8ccccc8c8ccccc87)cc6)ccc4-5)c3)c2)nc1. The van der Waals surface area contributed by atoms with Crippen LogP contribution < -0.4 is 0 Å². The third-order valence-corrected chi connectivity index (χ3v) is 12.6. The van der Waals surface area contributed by atoms with Gasteiger partial charge in [0.15, 0.2) is 0 Å². The minimum Gasteiger partial charge on any atom is -0.309 e. The fourth-order valence-electron chi connectivity index (χ4n) is 9.87. The summed E-state index contributed by atoms with van der Waals surface area (Å²) in [4.78, 5) is 13.9. The maximum Gasteiger partial charge on any atom is 0.115 e. The van der Waals surface area contributed by atoms with Gasteiger partial charge in [0, 0.05) is 51.9 Å². The second kappa shape index (κ2) is 12.8. The minimum atomic E-state index is -0.230. The van der Waals surface area contributed by atoms with Crippen molar-refractivity contribution in [2.24, 2.45) is 0 Å². The average Bonchev–Trinajstić information content (AvgIpc) is 3.94. The maximum absolute atomic E-state index is 4.82. The van der Waals surface area contributed by atoms with Crippen molar-refractivity contribution >= 4 is 21.8 Å². The van der Waals surface area contributed by atoms with Gasteiger partial charge in [-0.15, -0.1) is 0 Å². The van der Waals surface area contributed by atoms with Gasteiger partial charge in [0.2, 0.25) is 0 Å². The number of nitrogens with zero attached hydrogens (tertiary/aromatic N) is 4. The van der Waals surface area contributed by atoms with Crippen LogP contribution in [0.25, 0.3) is 83.3 Å². The number of hydrogen-bond acceptors (Lipinski definition) is 3. The molecule has 2 aliphatic carbocycles. The first-order chi connectivity index (χ1) is 28.7. The Morgan fingerprint density at radius 3 is 1.66 bits per heavy atom. The van der Waals surface area contributed by atoms with E-state index in [1.807, 2.05) is 24.5 Å². The molecule has 0 fully saturated rings. The monoisotopic (exact) mass is 740 g/mol. The van der Waals surface area contributed by atoms with Crippen LogP contribution >= 0.6 is 0 Å². The van der Waals surface area contributed by atoms with E-state index in [-0.39, 0.29) is 5.41 Å². The highest BCUT2D eigenvalue weighted by atomic mass is 15.0. The van der Waals surface area contributed by atoms with Gasteiger partial charge in [0.05, 0.1) is 16.7 Å². The van der Waals surface area contributed by atoms with Crippen molar-refractivity contribution in [3.05, 3.63) is 217 Å². The van der Waals surface area contributed by atoms with Gasteiger partial charge < -0.3 is 4.57 Å². The summed E-state index contributed by atoms with van der Waals surface area (Å²) in [6.07, 6.45) is 7.31. The quantitative estimate of drug-likeness (QED) is 0.176. The van der Waals surface area contributed by atoms with Crippen LogP contribution in [0.3, 0.4) is 0 Å². The van der Waals surface area contributed by atoms with Crippen molar-refractivity contribution < 1.29 is 0 Å². The van der Waals surface area contributed by atoms with E-state index in [1.165, 1.54) is 83.0 Å². The van der Waals surface area contributed by atoms with Crippen molar-refractivity contribution in [1.82, 2.24) is 19.5 Å². The predicted molar refractivity (Wildman–Crippen MR) is 236 cm³/mol. The zero-order chi connectivity index (χ0) is 38.2. The topological polar surface area (TPSA) is 43.6 Å². The van der Waals surface area contributed by atoms with Crippen LogP contribution in [0.2, 0.25) is 0 Å². The van der Waals surface area contributed by atoms with E-state index in [0.717, 1.165) is 35.5 Å². The van der Waals surface area contributed by atoms with Gasteiger partial charge in [-0.3, -0.25) is 4.98 Å². The summed E-state index contributed by atoms with van der Waals surface area (Å²) >= 11 is 0. The number of rotatable bonds is 5. The molecule has 3 aromatic heterocycles. The zero-order valence-electron chi connectivity index (χ0n) is 31.7. The molecule has 1 spiro atoms. The maximum atomic E-state index is 4.82. The van der Waals surface area contributed by atoms with Gasteiger partial charge in [0.25, 0.3) is 0 Å². The van der Waals surface area contributed by atoms with Crippen LogP contribution in [-0.4, -0.2) is 19.5 Å². The highest BCUT2D eigenvalue weighted by Gasteiger charge is 2.48. The van der Waals surface area contributed by atoms with Gasteiger partial charge in [-0.2, -0.15) is 0 Å². The summed E-state index contributed by atoms with van der Waals surface area (Å²) in [5, 5.41) is 2.55. The lowest BCUT2D eigenvalue weighted by Crippen LogP contribution is -2.26. The molecular weight excluding hydrogens is 705 g/mol. The van der Waals surface area contributed by atoms with Gasteiger partial charge in [-0.1, -0.05) is 115 Å². The molecule has 1 unspecified atom stereocenters. The van der Waals surface area contributed by atoms with E-state index in [1.54, 1.807) is 6.33 Å². The fourth-order valence-corrected chi connectivity index (χ4v) is 9.87. The molecule has 0 saturated heterocycles. The van der Waals surface area contributed by atoms with Gasteiger partial charge in [-0.05, 0) is 128 Å². The first kappa shape index (κ1) is 32.8. The molecule has 0 N–H and O–H groups in total. The minimum absolute atomic E-state index is 0.230. The largest absolute Gasteiger partial charge is 0.309 e. The molecule has 4 nitrogen and oxygen atoms in total. The van der Waals surface area contributed by atoms with E-state index in [0.29, 0.717) is 0 Å². The van der Waals surface area contributed by atoms with E-state index in [4.69, 9.17) is 4.98 Å². The Balaban J connectivity index is 0.934. The van der Waals surface area contributed by atoms with E-state index >= 15 is 0 Å². The Labute approximate surface area is 336 Å². The lowest BCUT2D eigenvalue weighted by Gasteiger charge is -2.27. The number of hydrogen-bond donors (Lipinski definition) is 0. The summed E-state index contributed by atoms with van der Waals surface area (Å²) in [6.45, 7) is 0. The summed E-state index contributed by atoms with van der Waals surface area (Å²) in [5.74, 6) is 0.